The highest BCUT2D eigenvalue weighted by molar-refractivity contribution is 7.80. The van der Waals surface area contributed by atoms with Crippen molar-refractivity contribution in [3.05, 3.63) is 0 Å². The SMILES string of the molecule is CCC1(C)CCN(C(=S)NC2CC2)CC1. The van der Waals surface area contributed by atoms with Gasteiger partial charge >= 0.3 is 0 Å². The molecule has 0 radical (unpaired) electrons. The zero-order valence-corrected chi connectivity index (χ0v) is 10.7. The smallest absolute Gasteiger partial charge is 0.169 e. The summed E-state index contributed by atoms with van der Waals surface area (Å²) in [7, 11) is 0. The molecular weight excluding hydrogens is 204 g/mol. The van der Waals surface area contributed by atoms with Crippen LogP contribution >= 0.6 is 12.2 Å². The fraction of sp³-hybridized carbons (Fsp3) is 0.917. The molecule has 1 aliphatic heterocycles. The molecule has 1 aliphatic carbocycles. The normalized spacial score (nSPS) is 25.1. The van der Waals surface area contributed by atoms with Crippen molar-refractivity contribution >= 4 is 17.3 Å². The first-order chi connectivity index (χ1) is 7.13. The third-order valence-electron chi connectivity index (χ3n) is 4.02. The number of nitrogens with zero attached hydrogens (tertiary/aromatic N) is 1. The summed E-state index contributed by atoms with van der Waals surface area (Å²) in [5.41, 5.74) is 0.561. The number of likely N-dealkylation sites (tertiary alicyclic amines) is 1. The average Bonchev–Trinajstić information content (AvgIpc) is 3.03. The van der Waals surface area contributed by atoms with Gasteiger partial charge < -0.3 is 10.2 Å². The van der Waals surface area contributed by atoms with E-state index in [0.29, 0.717) is 11.5 Å². The third kappa shape index (κ3) is 2.83. The number of piperidine rings is 1. The lowest BCUT2D eigenvalue weighted by atomic mass is 9.78. The van der Waals surface area contributed by atoms with E-state index in [1.165, 1.54) is 32.1 Å². The van der Waals surface area contributed by atoms with E-state index in [2.05, 4.69) is 24.1 Å². The second-order valence-electron chi connectivity index (χ2n) is 5.38. The molecule has 1 saturated heterocycles. The summed E-state index contributed by atoms with van der Waals surface area (Å²) in [4.78, 5) is 2.35. The number of nitrogens with one attached hydrogen (secondary N) is 1. The Balaban J connectivity index is 1.79. The first-order valence-electron chi connectivity index (χ1n) is 6.18. The van der Waals surface area contributed by atoms with E-state index in [1.54, 1.807) is 0 Å². The molecule has 0 aromatic heterocycles. The van der Waals surface area contributed by atoms with Crippen molar-refractivity contribution in [2.45, 2.75) is 52.0 Å². The van der Waals surface area contributed by atoms with Crippen LogP contribution in [0.25, 0.3) is 0 Å². The van der Waals surface area contributed by atoms with Gasteiger partial charge in [0.15, 0.2) is 5.11 Å². The Kier molecular flexibility index (Phi) is 3.19. The molecule has 0 aromatic carbocycles. The minimum atomic E-state index is 0.561. The molecule has 0 spiro atoms. The van der Waals surface area contributed by atoms with Crippen LogP contribution in [-0.2, 0) is 0 Å². The van der Waals surface area contributed by atoms with Crippen molar-refractivity contribution in [2.75, 3.05) is 13.1 Å². The van der Waals surface area contributed by atoms with Crippen LogP contribution in [0, 0.1) is 5.41 Å². The van der Waals surface area contributed by atoms with Crippen molar-refractivity contribution in [3.8, 4) is 0 Å². The predicted molar refractivity (Wildman–Crippen MR) is 68.0 cm³/mol. The maximum atomic E-state index is 5.42. The molecule has 2 aliphatic rings. The molecule has 3 heteroatoms. The molecule has 0 amide bonds. The Labute approximate surface area is 98.4 Å². The molecular formula is C12H22N2S. The molecule has 1 N–H and O–H groups in total. The molecule has 1 saturated carbocycles. The molecule has 0 bridgehead atoms. The standard InChI is InChI=1S/C12H22N2S/c1-3-12(2)6-8-14(9-7-12)11(15)13-10-4-5-10/h10H,3-9H2,1-2H3,(H,13,15). The van der Waals surface area contributed by atoms with E-state index >= 15 is 0 Å². The lowest BCUT2D eigenvalue weighted by molar-refractivity contribution is 0.161. The molecule has 86 valence electrons. The fourth-order valence-electron chi connectivity index (χ4n) is 2.10. The van der Waals surface area contributed by atoms with Crippen molar-refractivity contribution in [1.82, 2.24) is 10.2 Å². The van der Waals surface area contributed by atoms with Gasteiger partial charge in [0.25, 0.3) is 0 Å². The molecule has 0 unspecified atom stereocenters. The Morgan fingerprint density at radius 2 is 2.00 bits per heavy atom. The maximum Gasteiger partial charge on any atom is 0.169 e. The molecule has 0 atom stereocenters. The summed E-state index contributed by atoms with van der Waals surface area (Å²) in [5, 5.41) is 4.42. The highest BCUT2D eigenvalue weighted by Crippen LogP contribution is 2.34. The molecule has 15 heavy (non-hydrogen) atoms. The summed E-state index contributed by atoms with van der Waals surface area (Å²) in [6.45, 7) is 6.99. The van der Waals surface area contributed by atoms with Gasteiger partial charge in [-0.15, -0.1) is 0 Å². The predicted octanol–water partition coefficient (Wildman–Crippen LogP) is 2.54. The van der Waals surface area contributed by atoms with Crippen LogP contribution in [0.4, 0.5) is 0 Å². The molecule has 2 fully saturated rings. The van der Waals surface area contributed by atoms with E-state index < -0.39 is 0 Å². The summed E-state index contributed by atoms with van der Waals surface area (Å²) in [5.74, 6) is 0. The van der Waals surface area contributed by atoms with E-state index in [1.807, 2.05) is 0 Å². The highest BCUT2D eigenvalue weighted by Gasteiger charge is 2.30. The quantitative estimate of drug-likeness (QED) is 0.729. The van der Waals surface area contributed by atoms with Crippen molar-refractivity contribution in [3.63, 3.8) is 0 Å². The largest absolute Gasteiger partial charge is 0.360 e. The second kappa shape index (κ2) is 4.28. The molecule has 1 heterocycles. The van der Waals surface area contributed by atoms with Gasteiger partial charge in [-0.3, -0.25) is 0 Å². The number of rotatable bonds is 2. The number of hydrogen-bond donors (Lipinski definition) is 1. The first kappa shape index (κ1) is 11.2. The summed E-state index contributed by atoms with van der Waals surface area (Å²) >= 11 is 5.42. The van der Waals surface area contributed by atoms with Gasteiger partial charge in [-0.25, -0.2) is 0 Å². The van der Waals surface area contributed by atoms with Crippen LogP contribution in [0.2, 0.25) is 0 Å². The second-order valence-corrected chi connectivity index (χ2v) is 5.76. The monoisotopic (exact) mass is 226 g/mol. The van der Waals surface area contributed by atoms with Crippen molar-refractivity contribution < 1.29 is 0 Å². The Morgan fingerprint density at radius 3 is 2.47 bits per heavy atom. The summed E-state index contributed by atoms with van der Waals surface area (Å²) < 4.78 is 0. The zero-order chi connectivity index (χ0) is 10.9. The van der Waals surface area contributed by atoms with Crippen molar-refractivity contribution in [1.29, 1.82) is 0 Å². The minimum absolute atomic E-state index is 0.561. The van der Waals surface area contributed by atoms with Crippen LogP contribution in [0.5, 0.6) is 0 Å². The average molecular weight is 226 g/mol. The van der Waals surface area contributed by atoms with Crippen LogP contribution in [0.3, 0.4) is 0 Å². The third-order valence-corrected chi connectivity index (χ3v) is 4.39. The Morgan fingerprint density at radius 1 is 1.40 bits per heavy atom. The van der Waals surface area contributed by atoms with Crippen molar-refractivity contribution in [2.24, 2.45) is 5.41 Å². The summed E-state index contributed by atoms with van der Waals surface area (Å²) in [6, 6.07) is 0.692. The van der Waals surface area contributed by atoms with Crippen LogP contribution < -0.4 is 5.32 Å². The number of thiocarbonyl (C=S) groups is 1. The van der Waals surface area contributed by atoms with Crippen LogP contribution in [0.15, 0.2) is 0 Å². The maximum absolute atomic E-state index is 5.42. The highest BCUT2D eigenvalue weighted by atomic mass is 32.1. The zero-order valence-electron chi connectivity index (χ0n) is 9.88. The molecule has 2 rings (SSSR count). The lowest BCUT2D eigenvalue weighted by Crippen LogP contribution is -2.47. The van der Waals surface area contributed by atoms with Gasteiger partial charge in [0, 0.05) is 19.1 Å². The molecule has 2 nitrogen and oxygen atoms in total. The van der Waals surface area contributed by atoms with Crippen LogP contribution in [-0.4, -0.2) is 29.1 Å². The Hall–Kier alpha value is -0.310. The van der Waals surface area contributed by atoms with Gasteiger partial charge in [0.05, 0.1) is 0 Å². The van der Waals surface area contributed by atoms with E-state index in [0.717, 1.165) is 18.2 Å². The summed E-state index contributed by atoms with van der Waals surface area (Å²) in [6.07, 6.45) is 6.48. The van der Waals surface area contributed by atoms with Crippen LogP contribution in [0.1, 0.15) is 46.0 Å². The lowest BCUT2D eigenvalue weighted by Gasteiger charge is -2.40. The van der Waals surface area contributed by atoms with E-state index in [9.17, 15) is 0 Å². The number of hydrogen-bond acceptors (Lipinski definition) is 1. The molecule has 0 aromatic rings. The fourth-order valence-corrected chi connectivity index (χ4v) is 2.45. The van der Waals surface area contributed by atoms with Gasteiger partial charge in [-0.1, -0.05) is 20.3 Å². The van der Waals surface area contributed by atoms with Gasteiger partial charge in [-0.2, -0.15) is 0 Å². The topological polar surface area (TPSA) is 15.3 Å². The minimum Gasteiger partial charge on any atom is -0.360 e. The van der Waals surface area contributed by atoms with E-state index in [-0.39, 0.29) is 0 Å². The Bertz CT molecular complexity index is 240. The van der Waals surface area contributed by atoms with Gasteiger partial charge in [0.2, 0.25) is 0 Å². The first-order valence-corrected chi connectivity index (χ1v) is 6.59. The van der Waals surface area contributed by atoms with Gasteiger partial charge in [-0.05, 0) is 43.3 Å². The van der Waals surface area contributed by atoms with E-state index in [4.69, 9.17) is 12.2 Å². The van der Waals surface area contributed by atoms with Gasteiger partial charge in [0.1, 0.15) is 0 Å².